The lowest BCUT2D eigenvalue weighted by Gasteiger charge is -2.20. The number of fused-ring (bicyclic) bond motifs is 1. The smallest absolute Gasteiger partial charge is 0.228 e. The van der Waals surface area contributed by atoms with Gasteiger partial charge in [-0.05, 0) is 35.9 Å². The highest BCUT2D eigenvalue weighted by atomic mass is 79.9. The lowest BCUT2D eigenvalue weighted by molar-refractivity contribution is -0.115. The van der Waals surface area contributed by atoms with Gasteiger partial charge < -0.3 is 14.8 Å². The molecule has 4 nitrogen and oxygen atoms in total. The number of ether oxygens (including phenoxy) is 2. The molecule has 23 heavy (non-hydrogen) atoms. The Hall–Kier alpha value is -1.79. The Labute approximate surface area is 145 Å². The van der Waals surface area contributed by atoms with Gasteiger partial charge in [0.1, 0.15) is 19.0 Å². The van der Waals surface area contributed by atoms with Gasteiger partial charge in [-0.25, -0.2) is 4.39 Å². The summed E-state index contributed by atoms with van der Waals surface area (Å²) >= 11 is 9.30. The molecule has 1 heterocycles. The molecule has 0 aromatic heterocycles. The van der Waals surface area contributed by atoms with Crippen molar-refractivity contribution in [3.05, 3.63) is 51.2 Å². The summed E-state index contributed by atoms with van der Waals surface area (Å²) in [4.78, 5) is 12.1. The summed E-state index contributed by atoms with van der Waals surface area (Å²) in [6.07, 6.45) is 0.0475. The van der Waals surface area contributed by atoms with Crippen LogP contribution in [-0.4, -0.2) is 19.1 Å². The number of carbonyl (C=O) groups excluding carboxylic acids is 1. The van der Waals surface area contributed by atoms with Crippen LogP contribution in [0.5, 0.6) is 11.5 Å². The minimum atomic E-state index is -0.507. The first kappa shape index (κ1) is 16.1. The van der Waals surface area contributed by atoms with Crippen LogP contribution < -0.4 is 14.8 Å². The molecule has 0 bridgehead atoms. The van der Waals surface area contributed by atoms with Crippen molar-refractivity contribution < 1.29 is 18.7 Å². The molecule has 0 unspecified atom stereocenters. The molecule has 7 heteroatoms. The first-order chi connectivity index (χ1) is 11.0. The Morgan fingerprint density at radius 2 is 2.04 bits per heavy atom. The van der Waals surface area contributed by atoms with E-state index in [0.717, 1.165) is 0 Å². The second-order valence-electron chi connectivity index (χ2n) is 4.95. The molecule has 1 aliphatic rings. The number of carbonyl (C=O) groups is 1. The van der Waals surface area contributed by atoms with E-state index in [1.165, 1.54) is 12.1 Å². The summed E-state index contributed by atoms with van der Waals surface area (Å²) in [5.41, 5.74) is 0.788. The predicted octanol–water partition coefficient (Wildman–Crippen LogP) is 4.19. The third-order valence-corrected chi connectivity index (χ3v) is 4.00. The average molecular weight is 401 g/mol. The monoisotopic (exact) mass is 399 g/mol. The van der Waals surface area contributed by atoms with Gasteiger partial charge >= 0.3 is 0 Å². The standard InChI is InChI=1S/C16H12BrClFNO3/c17-10-1-2-13(12(19)8-10)20-15(21)7-9-5-11(18)16-14(6-9)22-3-4-23-16/h1-2,5-6,8H,3-4,7H2,(H,20,21). The van der Waals surface area contributed by atoms with Crippen LogP contribution in [0.2, 0.25) is 5.02 Å². The zero-order valence-electron chi connectivity index (χ0n) is 11.9. The summed E-state index contributed by atoms with van der Waals surface area (Å²) < 4.78 is 25.2. The number of nitrogens with one attached hydrogen (secondary N) is 1. The fourth-order valence-corrected chi connectivity index (χ4v) is 2.86. The Bertz CT molecular complexity index is 769. The fourth-order valence-electron chi connectivity index (χ4n) is 2.24. The number of benzene rings is 2. The Kier molecular flexibility index (Phi) is 4.73. The molecule has 0 spiro atoms. The maximum Gasteiger partial charge on any atom is 0.228 e. The number of hydrogen-bond donors (Lipinski definition) is 1. The Morgan fingerprint density at radius 3 is 2.83 bits per heavy atom. The van der Waals surface area contributed by atoms with Gasteiger partial charge in [-0.15, -0.1) is 0 Å². The molecule has 1 N–H and O–H groups in total. The van der Waals surface area contributed by atoms with Crippen LogP contribution in [0.4, 0.5) is 10.1 Å². The normalized spacial score (nSPS) is 12.8. The second kappa shape index (κ2) is 6.76. The van der Waals surface area contributed by atoms with E-state index >= 15 is 0 Å². The molecule has 120 valence electrons. The summed E-state index contributed by atoms with van der Waals surface area (Å²) in [6.45, 7) is 0.873. The minimum absolute atomic E-state index is 0.0475. The molecule has 2 aromatic rings. The van der Waals surface area contributed by atoms with Crippen LogP contribution in [0.3, 0.4) is 0 Å². The number of hydrogen-bond acceptors (Lipinski definition) is 3. The van der Waals surface area contributed by atoms with Crippen molar-refractivity contribution >= 4 is 39.1 Å². The van der Waals surface area contributed by atoms with Crippen molar-refractivity contribution in [2.24, 2.45) is 0 Å². The molecule has 0 fully saturated rings. The van der Waals surface area contributed by atoms with Gasteiger partial charge in [-0.3, -0.25) is 4.79 Å². The third-order valence-electron chi connectivity index (χ3n) is 3.23. The van der Waals surface area contributed by atoms with Gasteiger partial charge in [0.2, 0.25) is 5.91 Å². The van der Waals surface area contributed by atoms with Crippen molar-refractivity contribution in [3.8, 4) is 11.5 Å². The molecule has 0 aliphatic carbocycles. The zero-order chi connectivity index (χ0) is 16.4. The van der Waals surface area contributed by atoms with Gasteiger partial charge in [-0.2, -0.15) is 0 Å². The predicted molar refractivity (Wildman–Crippen MR) is 88.9 cm³/mol. The largest absolute Gasteiger partial charge is 0.486 e. The van der Waals surface area contributed by atoms with Crippen LogP contribution >= 0.6 is 27.5 Å². The number of rotatable bonds is 3. The lowest BCUT2D eigenvalue weighted by atomic mass is 10.1. The summed E-state index contributed by atoms with van der Waals surface area (Å²) in [7, 11) is 0. The van der Waals surface area contributed by atoms with Crippen LogP contribution in [0.25, 0.3) is 0 Å². The lowest BCUT2D eigenvalue weighted by Crippen LogP contribution is -2.18. The van der Waals surface area contributed by atoms with Gasteiger partial charge in [0.15, 0.2) is 11.5 Å². The highest BCUT2D eigenvalue weighted by Gasteiger charge is 2.18. The number of amides is 1. The van der Waals surface area contributed by atoms with Crippen molar-refractivity contribution in [2.75, 3.05) is 18.5 Å². The first-order valence-electron chi connectivity index (χ1n) is 6.86. The molecule has 0 saturated heterocycles. The molecule has 0 saturated carbocycles. The van der Waals surface area contributed by atoms with E-state index in [1.807, 2.05) is 0 Å². The van der Waals surface area contributed by atoms with Gasteiger partial charge in [0.25, 0.3) is 0 Å². The summed E-state index contributed by atoms with van der Waals surface area (Å²) in [5.74, 6) is 0.147. The molecule has 3 rings (SSSR count). The highest BCUT2D eigenvalue weighted by Crippen LogP contribution is 2.38. The van der Waals surface area contributed by atoms with E-state index in [0.29, 0.717) is 39.8 Å². The van der Waals surface area contributed by atoms with Crippen molar-refractivity contribution in [3.63, 3.8) is 0 Å². The maximum atomic E-state index is 13.7. The van der Waals surface area contributed by atoms with Crippen LogP contribution in [-0.2, 0) is 11.2 Å². The molecular weight excluding hydrogens is 389 g/mol. The Morgan fingerprint density at radius 1 is 1.26 bits per heavy atom. The van der Waals surface area contributed by atoms with Crippen LogP contribution in [0.1, 0.15) is 5.56 Å². The molecule has 1 aliphatic heterocycles. The van der Waals surface area contributed by atoms with E-state index < -0.39 is 5.82 Å². The molecule has 2 aromatic carbocycles. The topological polar surface area (TPSA) is 47.6 Å². The van der Waals surface area contributed by atoms with Crippen molar-refractivity contribution in [2.45, 2.75) is 6.42 Å². The van der Waals surface area contributed by atoms with Crippen LogP contribution in [0.15, 0.2) is 34.8 Å². The third kappa shape index (κ3) is 3.76. The fraction of sp³-hybridized carbons (Fsp3) is 0.188. The molecule has 1 amide bonds. The first-order valence-corrected chi connectivity index (χ1v) is 8.03. The summed E-state index contributed by atoms with van der Waals surface area (Å²) in [5, 5.41) is 2.92. The number of anilines is 1. The van der Waals surface area contributed by atoms with Crippen molar-refractivity contribution in [1.82, 2.24) is 0 Å². The van der Waals surface area contributed by atoms with E-state index in [1.54, 1.807) is 18.2 Å². The maximum absolute atomic E-state index is 13.7. The van der Waals surface area contributed by atoms with Gasteiger partial charge in [0, 0.05) is 4.47 Å². The van der Waals surface area contributed by atoms with E-state index in [9.17, 15) is 9.18 Å². The highest BCUT2D eigenvalue weighted by molar-refractivity contribution is 9.10. The second-order valence-corrected chi connectivity index (χ2v) is 6.27. The zero-order valence-corrected chi connectivity index (χ0v) is 14.2. The SMILES string of the molecule is O=C(Cc1cc(Cl)c2c(c1)OCCO2)Nc1ccc(Br)cc1F. The summed E-state index contributed by atoms with van der Waals surface area (Å²) in [6, 6.07) is 7.79. The van der Waals surface area contributed by atoms with Gasteiger partial charge in [0.05, 0.1) is 17.1 Å². The average Bonchev–Trinajstić information content (AvgIpc) is 2.50. The van der Waals surface area contributed by atoms with Crippen molar-refractivity contribution in [1.29, 1.82) is 0 Å². The Balaban J connectivity index is 1.74. The number of halogens is 3. The van der Waals surface area contributed by atoms with E-state index in [-0.39, 0.29) is 18.0 Å². The molecule has 0 radical (unpaired) electrons. The molecule has 0 atom stereocenters. The minimum Gasteiger partial charge on any atom is -0.486 e. The van der Waals surface area contributed by atoms with Gasteiger partial charge in [-0.1, -0.05) is 27.5 Å². The molecular formula is C16H12BrClFNO3. The van der Waals surface area contributed by atoms with Crippen LogP contribution in [0, 0.1) is 5.82 Å². The van der Waals surface area contributed by atoms with E-state index in [4.69, 9.17) is 21.1 Å². The quantitative estimate of drug-likeness (QED) is 0.840. The van der Waals surface area contributed by atoms with E-state index in [2.05, 4.69) is 21.2 Å².